The Morgan fingerprint density at radius 3 is 2.10 bits per heavy atom. The van der Waals surface area contributed by atoms with Crippen molar-refractivity contribution in [3.8, 4) is 5.75 Å². The Morgan fingerprint density at radius 1 is 0.959 bits per heavy atom. The molecule has 0 radical (unpaired) electrons. The predicted octanol–water partition coefficient (Wildman–Crippen LogP) is 6.25. The van der Waals surface area contributed by atoms with Crippen LogP contribution in [0.5, 0.6) is 5.75 Å². The fraction of sp³-hybridized carbons (Fsp3) is 0.636. The number of thiazole rings is 1. The molecule has 10 nitrogen and oxygen atoms in total. The van der Waals surface area contributed by atoms with E-state index < -0.39 is 64.7 Å². The maximum atomic E-state index is 14.3. The van der Waals surface area contributed by atoms with Crippen LogP contribution >= 0.6 is 11.3 Å². The maximum absolute atomic E-state index is 14.3. The molecular weight excluding hydrogens is 675 g/mol. The van der Waals surface area contributed by atoms with Crippen LogP contribution in [0.3, 0.4) is 0 Å². The molecule has 0 bridgehead atoms. The Labute approximate surface area is 288 Å². The van der Waals surface area contributed by atoms with E-state index in [1.165, 1.54) is 12.5 Å². The van der Waals surface area contributed by atoms with Crippen molar-refractivity contribution in [3.63, 3.8) is 0 Å². The minimum atomic E-state index is -2.39. The number of nitrogens with one attached hydrogen (secondary N) is 1. The van der Waals surface area contributed by atoms with Gasteiger partial charge in [0.25, 0.3) is 0 Å². The van der Waals surface area contributed by atoms with E-state index in [-0.39, 0.29) is 48.4 Å². The van der Waals surface area contributed by atoms with Crippen LogP contribution in [-0.2, 0) is 19.1 Å². The number of amides is 2. The third-order valence-electron chi connectivity index (χ3n) is 7.94. The minimum Gasteiger partial charge on any atom is -0.415 e. The highest BCUT2D eigenvalue weighted by atomic mass is 32.1. The first kappa shape index (κ1) is 42.0. The summed E-state index contributed by atoms with van der Waals surface area (Å²) in [6.07, 6.45) is 2.69. The zero-order valence-electron chi connectivity index (χ0n) is 29.2. The van der Waals surface area contributed by atoms with Crippen molar-refractivity contribution >= 4 is 29.1 Å². The molecule has 1 aromatic carbocycles. The van der Waals surface area contributed by atoms with Crippen LogP contribution in [0.2, 0.25) is 0 Å². The lowest BCUT2D eigenvalue weighted by Crippen LogP contribution is -2.57. The van der Waals surface area contributed by atoms with Crippen molar-refractivity contribution in [1.29, 1.82) is 0 Å². The van der Waals surface area contributed by atoms with Crippen LogP contribution in [0.4, 0.5) is 22.0 Å². The summed E-state index contributed by atoms with van der Waals surface area (Å²) in [7, 11) is 4.89. The average Bonchev–Trinajstić information content (AvgIpc) is 3.55. The molecule has 49 heavy (non-hydrogen) atoms. The zero-order chi connectivity index (χ0) is 37.0. The third kappa shape index (κ3) is 11.4. The van der Waals surface area contributed by atoms with Crippen LogP contribution < -0.4 is 10.1 Å². The van der Waals surface area contributed by atoms with Crippen LogP contribution in [-0.4, -0.2) is 85.7 Å². The number of likely N-dealkylation sites (N-methyl/N-ethyl adjacent to an activating group) is 1. The number of methoxy groups -OCH3 is 1. The van der Waals surface area contributed by atoms with Gasteiger partial charge in [0.2, 0.25) is 46.6 Å². The number of ether oxygens (including phenoxy) is 3. The molecule has 0 saturated carbocycles. The highest BCUT2D eigenvalue weighted by Gasteiger charge is 2.37. The molecule has 0 aliphatic rings. The Balaban J connectivity index is 2.41. The topological polar surface area (TPSA) is 110 Å². The summed E-state index contributed by atoms with van der Waals surface area (Å²) in [5, 5.41) is 4.32. The Hall–Kier alpha value is -3.21. The number of hydrogen-bond donors (Lipinski definition) is 1. The van der Waals surface area contributed by atoms with Gasteiger partial charge in [0.1, 0.15) is 23.9 Å². The summed E-state index contributed by atoms with van der Waals surface area (Å²) in [5.74, 6) is -15.7. The van der Waals surface area contributed by atoms with Gasteiger partial charge in [0, 0.05) is 31.6 Å². The number of halogens is 5. The summed E-state index contributed by atoms with van der Waals surface area (Å²) in [6, 6.07) is -1.37. The molecule has 2 amide bonds. The van der Waals surface area contributed by atoms with Crippen LogP contribution in [0, 0.1) is 40.9 Å². The number of aromatic nitrogens is 1. The van der Waals surface area contributed by atoms with Crippen molar-refractivity contribution in [2.75, 3.05) is 41.1 Å². The van der Waals surface area contributed by atoms with Gasteiger partial charge in [0.15, 0.2) is 5.69 Å². The smallest absolute Gasteiger partial charge is 0.363 e. The van der Waals surface area contributed by atoms with E-state index in [4.69, 9.17) is 9.47 Å². The number of carbonyl (C=O) groups is 3. The van der Waals surface area contributed by atoms with Gasteiger partial charge in [-0.2, -0.15) is 8.78 Å². The number of benzene rings is 1. The second-order valence-electron chi connectivity index (χ2n) is 12.4. The molecule has 2 rings (SSSR count). The van der Waals surface area contributed by atoms with E-state index >= 15 is 0 Å². The van der Waals surface area contributed by atoms with Crippen molar-refractivity contribution in [3.05, 3.63) is 45.2 Å². The van der Waals surface area contributed by atoms with Gasteiger partial charge in [-0.1, -0.05) is 53.9 Å². The molecule has 0 aliphatic carbocycles. The molecule has 1 N–H and O–H groups in total. The Kier molecular flexibility index (Phi) is 17.0. The largest absolute Gasteiger partial charge is 0.415 e. The monoisotopic (exact) mass is 722 g/mol. The number of nitrogens with zero attached hydrogens (tertiary/aromatic N) is 3. The predicted molar refractivity (Wildman–Crippen MR) is 173 cm³/mol. The van der Waals surface area contributed by atoms with E-state index in [2.05, 4.69) is 22.0 Å². The summed E-state index contributed by atoms with van der Waals surface area (Å²) in [6.45, 7) is 10.1. The SMILES string of the molecule is CCCCCOCN(C(=O)C(NC(=O)CN(C)C)[C@@H](C)CC)[C@H](C[C@@H](OC)c1nc(C(=O)Oc2c(F)c(F)c(F)c(F)c2F)cs1)C(C)C. The van der Waals surface area contributed by atoms with Gasteiger partial charge in [-0.25, -0.2) is 22.9 Å². The summed E-state index contributed by atoms with van der Waals surface area (Å²) in [4.78, 5) is 47.2. The maximum Gasteiger partial charge on any atom is 0.363 e. The van der Waals surface area contributed by atoms with Gasteiger partial charge < -0.3 is 29.3 Å². The standard InChI is InChI=1S/C33H47F5N4O6S/c1-9-11-12-13-47-17-42(32(44)29(19(5)10-2)40-23(43)15-41(6)7)21(18(3)4)14-22(46-8)31-39-20(16-49-31)33(45)48-30-27(37)25(35)24(34)26(36)28(30)38/h16,18-19,21-22,29H,9-15,17H2,1-8H3,(H,40,43)/t19-,21+,22+,29?/m0/s1. The van der Waals surface area contributed by atoms with Crippen molar-refractivity contribution in [1.82, 2.24) is 20.1 Å². The second-order valence-corrected chi connectivity index (χ2v) is 13.2. The summed E-state index contributed by atoms with van der Waals surface area (Å²) < 4.78 is 85.2. The molecule has 1 heterocycles. The van der Waals surface area contributed by atoms with Crippen LogP contribution in [0.25, 0.3) is 0 Å². The van der Waals surface area contributed by atoms with Gasteiger partial charge in [-0.05, 0) is 32.4 Å². The molecule has 0 spiro atoms. The highest BCUT2D eigenvalue weighted by Crippen LogP contribution is 2.33. The van der Waals surface area contributed by atoms with Gasteiger partial charge >= 0.3 is 5.97 Å². The number of esters is 1. The Morgan fingerprint density at radius 2 is 1.57 bits per heavy atom. The number of unbranched alkanes of at least 4 members (excludes halogenated alkanes) is 2. The van der Waals surface area contributed by atoms with E-state index in [0.717, 1.165) is 30.6 Å². The molecule has 0 fully saturated rings. The molecule has 0 aliphatic heterocycles. The molecular formula is C33H47F5N4O6S. The normalized spacial score (nSPS) is 14.1. The minimum absolute atomic E-state index is 0.0598. The lowest BCUT2D eigenvalue weighted by molar-refractivity contribution is -0.148. The fourth-order valence-electron chi connectivity index (χ4n) is 4.93. The van der Waals surface area contributed by atoms with E-state index in [0.29, 0.717) is 13.0 Å². The van der Waals surface area contributed by atoms with Crippen LogP contribution in [0.15, 0.2) is 5.38 Å². The molecule has 16 heteroatoms. The fourth-order valence-corrected chi connectivity index (χ4v) is 5.81. The van der Waals surface area contributed by atoms with E-state index in [1.54, 1.807) is 23.9 Å². The van der Waals surface area contributed by atoms with E-state index in [1.807, 2.05) is 27.7 Å². The third-order valence-corrected chi connectivity index (χ3v) is 8.88. The van der Waals surface area contributed by atoms with E-state index in [9.17, 15) is 36.3 Å². The van der Waals surface area contributed by atoms with Crippen molar-refractivity contribution < 1.29 is 50.5 Å². The summed E-state index contributed by atoms with van der Waals surface area (Å²) in [5.41, 5.74) is -0.459. The molecule has 0 saturated heterocycles. The lowest BCUT2D eigenvalue weighted by atomic mass is 9.93. The highest BCUT2D eigenvalue weighted by molar-refractivity contribution is 7.09. The van der Waals surface area contributed by atoms with Gasteiger partial charge in [0.05, 0.1) is 6.54 Å². The lowest BCUT2D eigenvalue weighted by Gasteiger charge is -2.39. The molecule has 2 aromatic rings. The van der Waals surface area contributed by atoms with Gasteiger partial charge in [-0.3, -0.25) is 9.59 Å². The Bertz CT molecular complexity index is 1380. The van der Waals surface area contributed by atoms with Crippen LogP contribution in [0.1, 0.15) is 88.3 Å². The molecule has 276 valence electrons. The average molecular weight is 723 g/mol. The zero-order valence-corrected chi connectivity index (χ0v) is 30.0. The molecule has 1 aromatic heterocycles. The van der Waals surface area contributed by atoms with Crippen molar-refractivity contribution in [2.45, 2.75) is 84.9 Å². The number of rotatable bonds is 20. The first-order valence-corrected chi connectivity index (χ1v) is 17.0. The van der Waals surface area contributed by atoms with Gasteiger partial charge in [-0.15, -0.1) is 11.3 Å². The number of hydrogen-bond acceptors (Lipinski definition) is 9. The quantitative estimate of drug-likeness (QED) is 0.0325. The number of carbonyl (C=O) groups excluding carboxylic acids is 3. The molecule has 1 unspecified atom stereocenters. The first-order valence-electron chi connectivity index (χ1n) is 16.1. The second kappa shape index (κ2) is 19.8. The van der Waals surface area contributed by atoms with Crippen molar-refractivity contribution in [2.24, 2.45) is 11.8 Å². The summed E-state index contributed by atoms with van der Waals surface area (Å²) >= 11 is 0.939. The molecule has 4 atom stereocenters. The first-order chi connectivity index (χ1) is 23.1.